The molecule has 0 spiro atoms. The molecular formula is C7H17N2O3P. The van der Waals surface area contributed by atoms with Crippen LogP contribution in [-0.4, -0.2) is 40.6 Å². The maximum absolute atomic E-state index is 11.2. The predicted octanol–water partition coefficient (Wildman–Crippen LogP) is -0.496. The van der Waals surface area contributed by atoms with Crippen LogP contribution in [0.2, 0.25) is 0 Å². The van der Waals surface area contributed by atoms with Gasteiger partial charge in [0.1, 0.15) is 0 Å². The Labute approximate surface area is 78.1 Å². The highest BCUT2D eigenvalue weighted by molar-refractivity contribution is 7.53. The van der Waals surface area contributed by atoms with Gasteiger partial charge in [-0.15, -0.1) is 0 Å². The number of nitrogens with one attached hydrogen (secondary N) is 2. The normalized spacial score (nSPS) is 26.0. The van der Waals surface area contributed by atoms with E-state index in [-0.39, 0.29) is 6.04 Å². The fraction of sp³-hybridized carbons (Fsp3) is 1.00. The van der Waals surface area contributed by atoms with Crippen LogP contribution in [0.25, 0.3) is 0 Å². The Kier molecular flexibility index (Phi) is 3.15. The predicted molar refractivity (Wildman–Crippen MR) is 50.8 cm³/mol. The summed E-state index contributed by atoms with van der Waals surface area (Å²) in [6.07, 6.45) is 0. The second-order valence-electron chi connectivity index (χ2n) is 3.91. The van der Waals surface area contributed by atoms with E-state index in [1.165, 1.54) is 0 Å². The van der Waals surface area contributed by atoms with Crippen molar-refractivity contribution in [1.29, 1.82) is 0 Å². The van der Waals surface area contributed by atoms with E-state index in [0.29, 0.717) is 6.54 Å². The van der Waals surface area contributed by atoms with E-state index >= 15 is 0 Å². The minimum Gasteiger partial charge on any atom is -0.324 e. The van der Waals surface area contributed by atoms with Gasteiger partial charge in [-0.25, -0.2) is 0 Å². The van der Waals surface area contributed by atoms with Crippen molar-refractivity contribution in [2.45, 2.75) is 25.0 Å². The molecule has 6 heteroatoms. The van der Waals surface area contributed by atoms with E-state index in [2.05, 4.69) is 10.6 Å². The van der Waals surface area contributed by atoms with Crippen molar-refractivity contribution in [1.82, 2.24) is 10.6 Å². The van der Waals surface area contributed by atoms with Crippen LogP contribution in [-0.2, 0) is 4.57 Å². The third kappa shape index (κ3) is 2.30. The second kappa shape index (κ2) is 3.67. The van der Waals surface area contributed by atoms with Crippen molar-refractivity contribution in [3.05, 3.63) is 0 Å². The lowest BCUT2D eigenvalue weighted by molar-refractivity contribution is 0.283. The molecule has 78 valence electrons. The first-order chi connectivity index (χ1) is 5.86. The molecule has 0 aliphatic carbocycles. The maximum Gasteiger partial charge on any atom is 0.332 e. The molecule has 13 heavy (non-hydrogen) atoms. The highest BCUT2D eigenvalue weighted by Gasteiger charge is 2.44. The molecule has 0 amide bonds. The summed E-state index contributed by atoms with van der Waals surface area (Å²) in [5, 5.41) is 5.22. The zero-order valence-electron chi connectivity index (χ0n) is 7.95. The fourth-order valence-corrected chi connectivity index (χ4v) is 1.94. The highest BCUT2D eigenvalue weighted by atomic mass is 31.2. The van der Waals surface area contributed by atoms with E-state index in [1.807, 2.05) is 0 Å². The molecule has 0 bridgehead atoms. The summed E-state index contributed by atoms with van der Waals surface area (Å²) >= 11 is 0. The first-order valence-electron chi connectivity index (χ1n) is 4.35. The Bertz CT molecular complexity index is 220. The molecule has 4 N–H and O–H groups in total. The van der Waals surface area contributed by atoms with Gasteiger partial charge in [0.2, 0.25) is 0 Å². The average molecular weight is 208 g/mol. The van der Waals surface area contributed by atoms with E-state index in [9.17, 15) is 4.57 Å². The van der Waals surface area contributed by atoms with Crippen molar-refractivity contribution in [2.24, 2.45) is 0 Å². The van der Waals surface area contributed by atoms with E-state index in [0.717, 1.165) is 13.1 Å². The van der Waals surface area contributed by atoms with E-state index in [1.54, 1.807) is 13.8 Å². The molecule has 0 aromatic heterocycles. The second-order valence-corrected chi connectivity index (χ2v) is 6.15. The van der Waals surface area contributed by atoms with Crippen LogP contribution in [0.5, 0.6) is 0 Å². The Morgan fingerprint density at radius 2 is 2.00 bits per heavy atom. The first-order valence-corrected chi connectivity index (χ1v) is 5.96. The van der Waals surface area contributed by atoms with Crippen molar-refractivity contribution in [3.63, 3.8) is 0 Å². The quantitative estimate of drug-likeness (QED) is 0.460. The van der Waals surface area contributed by atoms with Crippen LogP contribution in [0.1, 0.15) is 13.8 Å². The lowest BCUT2D eigenvalue weighted by atomic mass is 10.0. The molecule has 0 saturated carbocycles. The first kappa shape index (κ1) is 11.1. The zero-order valence-corrected chi connectivity index (χ0v) is 8.84. The Balaban J connectivity index is 2.73. The standard InChI is InChI=1S/C7H17N2O3P/c1-7(2,13(10,11)12)6-5-8-3-4-9-6/h6,8-9H,3-5H2,1-2H3,(H2,10,11,12). The third-order valence-electron chi connectivity index (χ3n) is 2.64. The molecule has 0 aromatic carbocycles. The smallest absolute Gasteiger partial charge is 0.324 e. The van der Waals surface area contributed by atoms with Crippen LogP contribution in [0.15, 0.2) is 0 Å². The molecule has 1 unspecified atom stereocenters. The summed E-state index contributed by atoms with van der Waals surface area (Å²) in [6.45, 7) is 5.41. The maximum atomic E-state index is 11.2. The Hall–Kier alpha value is 0.0700. The van der Waals surface area contributed by atoms with E-state index in [4.69, 9.17) is 9.79 Å². The van der Waals surface area contributed by atoms with Crippen LogP contribution in [0.4, 0.5) is 0 Å². The fourth-order valence-electron chi connectivity index (χ4n) is 1.36. The van der Waals surface area contributed by atoms with E-state index < -0.39 is 12.8 Å². The lowest BCUT2D eigenvalue weighted by Gasteiger charge is -2.37. The molecule has 0 aromatic rings. The molecule has 1 heterocycles. The molecular weight excluding hydrogens is 191 g/mol. The molecule has 1 aliphatic heterocycles. The summed E-state index contributed by atoms with van der Waals surface area (Å²) in [7, 11) is -4.04. The minimum absolute atomic E-state index is 0.165. The largest absolute Gasteiger partial charge is 0.332 e. The monoisotopic (exact) mass is 208 g/mol. The summed E-state index contributed by atoms with van der Waals surface area (Å²) in [5.74, 6) is 0. The Morgan fingerprint density at radius 1 is 1.38 bits per heavy atom. The van der Waals surface area contributed by atoms with Crippen LogP contribution < -0.4 is 10.6 Å². The number of hydrogen-bond acceptors (Lipinski definition) is 3. The molecule has 1 atom stereocenters. The molecule has 1 fully saturated rings. The average Bonchev–Trinajstić information content (AvgIpc) is 2.04. The van der Waals surface area contributed by atoms with Gasteiger partial charge in [-0.05, 0) is 13.8 Å². The number of piperazine rings is 1. The van der Waals surface area contributed by atoms with Gasteiger partial charge < -0.3 is 20.4 Å². The SMILES string of the molecule is CC(C)(C1CNCCN1)P(=O)(O)O. The summed E-state index contributed by atoms with van der Waals surface area (Å²) < 4.78 is 11.2. The number of rotatable bonds is 2. The zero-order chi connectivity index (χ0) is 10.1. The van der Waals surface area contributed by atoms with Crippen LogP contribution >= 0.6 is 7.60 Å². The van der Waals surface area contributed by atoms with Crippen LogP contribution in [0, 0.1) is 0 Å². The van der Waals surface area contributed by atoms with Gasteiger partial charge in [-0.3, -0.25) is 4.57 Å². The van der Waals surface area contributed by atoms with Crippen molar-refractivity contribution in [3.8, 4) is 0 Å². The lowest BCUT2D eigenvalue weighted by Crippen LogP contribution is -2.57. The molecule has 1 saturated heterocycles. The Morgan fingerprint density at radius 3 is 2.38 bits per heavy atom. The van der Waals surface area contributed by atoms with Gasteiger partial charge in [-0.1, -0.05) is 0 Å². The van der Waals surface area contributed by atoms with Crippen molar-refractivity contribution in [2.75, 3.05) is 19.6 Å². The topological polar surface area (TPSA) is 81.6 Å². The highest BCUT2D eigenvalue weighted by Crippen LogP contribution is 2.51. The third-order valence-corrected chi connectivity index (χ3v) is 4.46. The molecule has 1 rings (SSSR count). The van der Waals surface area contributed by atoms with Crippen LogP contribution in [0.3, 0.4) is 0 Å². The number of hydrogen-bond donors (Lipinski definition) is 4. The summed E-state index contributed by atoms with van der Waals surface area (Å²) in [4.78, 5) is 18.3. The van der Waals surface area contributed by atoms with Crippen molar-refractivity contribution < 1.29 is 14.4 Å². The van der Waals surface area contributed by atoms with Crippen molar-refractivity contribution >= 4 is 7.60 Å². The van der Waals surface area contributed by atoms with Gasteiger partial charge in [0, 0.05) is 25.7 Å². The van der Waals surface area contributed by atoms with Gasteiger partial charge in [-0.2, -0.15) is 0 Å². The van der Waals surface area contributed by atoms with Gasteiger partial charge in [0.05, 0.1) is 5.16 Å². The minimum atomic E-state index is -4.04. The molecule has 5 nitrogen and oxygen atoms in total. The van der Waals surface area contributed by atoms with Gasteiger partial charge in [0.25, 0.3) is 0 Å². The summed E-state index contributed by atoms with van der Waals surface area (Å²) in [6, 6.07) is -0.165. The molecule has 1 aliphatic rings. The van der Waals surface area contributed by atoms with Gasteiger partial charge >= 0.3 is 7.60 Å². The van der Waals surface area contributed by atoms with Gasteiger partial charge in [0.15, 0.2) is 0 Å². The molecule has 0 radical (unpaired) electrons. The summed E-state index contributed by atoms with van der Waals surface area (Å²) in [5.41, 5.74) is 0.